The van der Waals surface area contributed by atoms with Crippen LogP contribution in [0.15, 0.2) is 35.1 Å². The van der Waals surface area contributed by atoms with Gasteiger partial charge in [-0.15, -0.1) is 0 Å². The summed E-state index contributed by atoms with van der Waals surface area (Å²) in [5.41, 5.74) is 1.93. The van der Waals surface area contributed by atoms with Crippen molar-refractivity contribution in [2.75, 3.05) is 6.54 Å². The minimum atomic E-state index is -0.241. The van der Waals surface area contributed by atoms with Gasteiger partial charge in [-0.05, 0) is 49.2 Å². The van der Waals surface area contributed by atoms with E-state index in [1.807, 2.05) is 19.9 Å². The molecule has 5 heteroatoms. The van der Waals surface area contributed by atoms with Gasteiger partial charge in [0.25, 0.3) is 0 Å². The van der Waals surface area contributed by atoms with E-state index in [1.165, 1.54) is 6.07 Å². The van der Waals surface area contributed by atoms with Crippen LogP contribution in [0.4, 0.5) is 4.39 Å². The quantitative estimate of drug-likeness (QED) is 0.906. The van der Waals surface area contributed by atoms with E-state index in [0.29, 0.717) is 6.42 Å². The van der Waals surface area contributed by atoms with Crippen LogP contribution in [-0.4, -0.2) is 16.5 Å². The molecular weight excluding hydrogens is 321 g/mol. The summed E-state index contributed by atoms with van der Waals surface area (Å²) in [6.45, 7) is 4.79. The molecule has 3 nitrogen and oxygen atoms in total. The Morgan fingerprint density at radius 2 is 1.95 bits per heavy atom. The molecule has 1 unspecified atom stereocenters. The highest BCUT2D eigenvalue weighted by Gasteiger charge is 2.14. The van der Waals surface area contributed by atoms with Gasteiger partial charge >= 0.3 is 0 Å². The van der Waals surface area contributed by atoms with Gasteiger partial charge in [0.05, 0.1) is 6.04 Å². The third-order valence-electron chi connectivity index (χ3n) is 2.93. The van der Waals surface area contributed by atoms with Crippen molar-refractivity contribution in [1.82, 2.24) is 15.3 Å². The molecule has 2 aromatic rings. The van der Waals surface area contributed by atoms with E-state index in [2.05, 4.69) is 31.2 Å². The molecule has 20 heavy (non-hydrogen) atoms. The Morgan fingerprint density at radius 1 is 1.25 bits per heavy atom. The van der Waals surface area contributed by atoms with Crippen molar-refractivity contribution in [2.24, 2.45) is 0 Å². The second-order valence-electron chi connectivity index (χ2n) is 4.71. The molecule has 1 aromatic carbocycles. The molecule has 0 saturated heterocycles. The first-order valence-corrected chi connectivity index (χ1v) is 7.34. The first-order valence-electron chi connectivity index (χ1n) is 6.55. The monoisotopic (exact) mass is 337 g/mol. The number of hydrogen-bond acceptors (Lipinski definition) is 3. The summed E-state index contributed by atoms with van der Waals surface area (Å²) in [4.78, 5) is 8.72. The van der Waals surface area contributed by atoms with Crippen molar-refractivity contribution < 1.29 is 4.39 Å². The number of likely N-dealkylation sites (N-methyl/N-ethyl adjacent to an activating group) is 1. The summed E-state index contributed by atoms with van der Waals surface area (Å²) in [5, 5.41) is 3.34. The largest absolute Gasteiger partial charge is 0.307 e. The zero-order valence-electron chi connectivity index (χ0n) is 11.5. The van der Waals surface area contributed by atoms with Gasteiger partial charge in [-0.25, -0.2) is 14.4 Å². The molecule has 1 N–H and O–H groups in total. The normalized spacial score (nSPS) is 12.4. The van der Waals surface area contributed by atoms with Crippen LogP contribution < -0.4 is 5.32 Å². The second kappa shape index (κ2) is 6.90. The van der Waals surface area contributed by atoms with Crippen LogP contribution in [0.25, 0.3) is 0 Å². The zero-order chi connectivity index (χ0) is 14.5. The SMILES string of the molecule is CCNC(Cc1cc(F)cc(Br)c1)c1ncc(C)cn1. The van der Waals surface area contributed by atoms with E-state index in [9.17, 15) is 4.39 Å². The smallest absolute Gasteiger partial charge is 0.145 e. The zero-order valence-corrected chi connectivity index (χ0v) is 13.1. The molecule has 1 aromatic heterocycles. The van der Waals surface area contributed by atoms with E-state index >= 15 is 0 Å². The maximum atomic E-state index is 13.4. The number of halogens is 2. The van der Waals surface area contributed by atoms with E-state index in [0.717, 1.165) is 28.0 Å². The van der Waals surface area contributed by atoms with Crippen LogP contribution in [-0.2, 0) is 6.42 Å². The van der Waals surface area contributed by atoms with Gasteiger partial charge in [0.15, 0.2) is 0 Å². The average molecular weight is 338 g/mol. The lowest BCUT2D eigenvalue weighted by atomic mass is 10.0. The number of aryl methyl sites for hydroxylation is 1. The minimum Gasteiger partial charge on any atom is -0.307 e. The third-order valence-corrected chi connectivity index (χ3v) is 3.38. The lowest BCUT2D eigenvalue weighted by Crippen LogP contribution is -2.25. The van der Waals surface area contributed by atoms with Gasteiger partial charge in [-0.2, -0.15) is 0 Å². The van der Waals surface area contributed by atoms with Gasteiger partial charge in [0.2, 0.25) is 0 Å². The summed E-state index contributed by atoms with van der Waals surface area (Å²) in [5.74, 6) is 0.493. The highest BCUT2D eigenvalue weighted by molar-refractivity contribution is 9.10. The molecule has 0 aliphatic heterocycles. The van der Waals surface area contributed by atoms with E-state index in [1.54, 1.807) is 18.5 Å². The summed E-state index contributed by atoms with van der Waals surface area (Å²) in [6.07, 6.45) is 4.25. The summed E-state index contributed by atoms with van der Waals surface area (Å²) in [6, 6.07) is 4.90. The second-order valence-corrected chi connectivity index (χ2v) is 5.63. The number of nitrogens with one attached hydrogen (secondary N) is 1. The first kappa shape index (κ1) is 15.1. The predicted octanol–water partition coefficient (Wildman–Crippen LogP) is 3.58. The van der Waals surface area contributed by atoms with Crippen LogP contribution in [0.2, 0.25) is 0 Å². The summed E-state index contributed by atoms with van der Waals surface area (Å²) >= 11 is 3.32. The fourth-order valence-electron chi connectivity index (χ4n) is 2.05. The Hall–Kier alpha value is -1.33. The molecular formula is C15H17BrFN3. The molecule has 106 valence electrons. The molecule has 0 fully saturated rings. The van der Waals surface area contributed by atoms with Crippen molar-refractivity contribution in [3.8, 4) is 0 Å². The van der Waals surface area contributed by atoms with E-state index in [-0.39, 0.29) is 11.9 Å². The van der Waals surface area contributed by atoms with Gasteiger partial charge in [0.1, 0.15) is 11.6 Å². The topological polar surface area (TPSA) is 37.8 Å². The molecule has 1 heterocycles. The molecule has 0 aliphatic rings. The fourth-order valence-corrected chi connectivity index (χ4v) is 2.56. The van der Waals surface area contributed by atoms with Crippen LogP contribution in [0, 0.1) is 12.7 Å². The Morgan fingerprint density at radius 3 is 2.55 bits per heavy atom. The molecule has 1 atom stereocenters. The number of hydrogen-bond donors (Lipinski definition) is 1. The Labute approximate surface area is 126 Å². The number of nitrogens with zero attached hydrogens (tertiary/aromatic N) is 2. The summed E-state index contributed by atoms with van der Waals surface area (Å²) < 4.78 is 14.2. The van der Waals surface area contributed by atoms with Crippen LogP contribution >= 0.6 is 15.9 Å². The van der Waals surface area contributed by atoms with Crippen molar-refractivity contribution in [3.63, 3.8) is 0 Å². The van der Waals surface area contributed by atoms with Crippen molar-refractivity contribution in [3.05, 3.63) is 57.8 Å². The number of rotatable bonds is 5. The predicted molar refractivity (Wildman–Crippen MR) is 81.0 cm³/mol. The van der Waals surface area contributed by atoms with Crippen LogP contribution in [0.3, 0.4) is 0 Å². The Kier molecular flexibility index (Phi) is 5.20. The Balaban J connectivity index is 2.22. The maximum Gasteiger partial charge on any atom is 0.145 e. The first-order chi connectivity index (χ1) is 9.58. The molecule has 0 amide bonds. The van der Waals surface area contributed by atoms with Gasteiger partial charge in [-0.1, -0.05) is 22.9 Å². The van der Waals surface area contributed by atoms with Crippen LogP contribution in [0.5, 0.6) is 0 Å². The highest BCUT2D eigenvalue weighted by atomic mass is 79.9. The minimum absolute atomic E-state index is 0.0192. The maximum absolute atomic E-state index is 13.4. The molecule has 0 saturated carbocycles. The van der Waals surface area contributed by atoms with E-state index in [4.69, 9.17) is 0 Å². The van der Waals surface area contributed by atoms with Crippen molar-refractivity contribution in [2.45, 2.75) is 26.3 Å². The molecule has 0 spiro atoms. The fraction of sp³-hybridized carbons (Fsp3) is 0.333. The number of aromatic nitrogens is 2. The molecule has 0 aliphatic carbocycles. The average Bonchev–Trinajstić information content (AvgIpc) is 2.38. The van der Waals surface area contributed by atoms with Crippen molar-refractivity contribution >= 4 is 15.9 Å². The molecule has 0 bridgehead atoms. The summed E-state index contributed by atoms with van der Waals surface area (Å²) in [7, 11) is 0. The standard InChI is InChI=1S/C15H17BrFN3/c1-3-18-14(15-19-8-10(2)9-20-15)6-11-4-12(16)7-13(17)5-11/h4-5,7-9,14,18H,3,6H2,1-2H3. The van der Waals surface area contributed by atoms with Gasteiger partial charge in [0, 0.05) is 16.9 Å². The van der Waals surface area contributed by atoms with Crippen molar-refractivity contribution in [1.29, 1.82) is 0 Å². The lowest BCUT2D eigenvalue weighted by Gasteiger charge is -2.17. The molecule has 2 rings (SSSR count). The third kappa shape index (κ3) is 4.08. The van der Waals surface area contributed by atoms with Gasteiger partial charge < -0.3 is 5.32 Å². The highest BCUT2D eigenvalue weighted by Crippen LogP contribution is 2.20. The lowest BCUT2D eigenvalue weighted by molar-refractivity contribution is 0.519. The Bertz CT molecular complexity index is 552. The van der Waals surface area contributed by atoms with E-state index < -0.39 is 0 Å². The van der Waals surface area contributed by atoms with Crippen LogP contribution in [0.1, 0.15) is 29.9 Å². The molecule has 0 radical (unpaired) electrons. The van der Waals surface area contributed by atoms with Gasteiger partial charge in [-0.3, -0.25) is 0 Å². The number of benzene rings is 1.